The van der Waals surface area contributed by atoms with Gasteiger partial charge >= 0.3 is 5.69 Å². The van der Waals surface area contributed by atoms with Crippen LogP contribution in [-0.4, -0.2) is 28.7 Å². The van der Waals surface area contributed by atoms with E-state index in [0.29, 0.717) is 28.2 Å². The van der Waals surface area contributed by atoms with Gasteiger partial charge in [0.2, 0.25) is 5.91 Å². The number of carbonyl (C=O) groups excluding carboxylic acids is 1. The molecule has 1 aliphatic rings. The van der Waals surface area contributed by atoms with Crippen molar-refractivity contribution in [3.05, 3.63) is 86.4 Å². The van der Waals surface area contributed by atoms with E-state index in [1.54, 1.807) is 40.6 Å². The standard InChI is InChI=1S/C24H21N3O4S/c1-31-20-11-5-4-10-18(20)27-23(29)22-19(12-14-32-22)26(24(27)30)15-21(28)25-13-6-8-16-7-2-3-9-17(16)25/h2-5,7,9-12,14H,6,8,13,15H2,1H3. The largest absolute Gasteiger partial charge is 0.495 e. The number of hydrogen-bond acceptors (Lipinski definition) is 5. The van der Waals surface area contributed by atoms with Crippen LogP contribution in [-0.2, 0) is 17.8 Å². The molecule has 0 spiro atoms. The summed E-state index contributed by atoms with van der Waals surface area (Å²) in [6.45, 7) is 0.444. The quantitative estimate of drug-likeness (QED) is 0.482. The van der Waals surface area contributed by atoms with E-state index in [2.05, 4.69) is 0 Å². The number of benzene rings is 2. The van der Waals surface area contributed by atoms with Crippen molar-refractivity contribution in [2.75, 3.05) is 18.6 Å². The van der Waals surface area contributed by atoms with Crippen molar-refractivity contribution in [3.8, 4) is 11.4 Å². The Balaban J connectivity index is 1.64. The SMILES string of the molecule is COc1ccccc1-n1c(=O)c2sccc2n(CC(=O)N2CCCc3ccccc32)c1=O. The molecular formula is C24H21N3O4S. The van der Waals surface area contributed by atoms with Crippen molar-refractivity contribution < 1.29 is 9.53 Å². The van der Waals surface area contributed by atoms with E-state index >= 15 is 0 Å². The summed E-state index contributed by atoms with van der Waals surface area (Å²) in [5.74, 6) is 0.224. The fourth-order valence-corrected chi connectivity index (χ4v) is 5.10. The Kier molecular flexibility index (Phi) is 5.14. The molecule has 4 aromatic rings. The summed E-state index contributed by atoms with van der Waals surface area (Å²) in [4.78, 5) is 41.8. The maximum Gasteiger partial charge on any atom is 0.336 e. The van der Waals surface area contributed by atoms with Crippen molar-refractivity contribution in [1.29, 1.82) is 0 Å². The van der Waals surface area contributed by atoms with Gasteiger partial charge in [-0.3, -0.25) is 14.2 Å². The van der Waals surface area contributed by atoms with Gasteiger partial charge in [-0.2, -0.15) is 0 Å². The Bertz CT molecular complexity index is 1450. The lowest BCUT2D eigenvalue weighted by atomic mass is 10.0. The first-order chi connectivity index (χ1) is 15.6. The lowest BCUT2D eigenvalue weighted by Crippen LogP contribution is -2.43. The van der Waals surface area contributed by atoms with Crippen LogP contribution in [0.15, 0.2) is 69.6 Å². The van der Waals surface area contributed by atoms with E-state index in [4.69, 9.17) is 4.74 Å². The molecular weight excluding hydrogens is 426 g/mol. The summed E-state index contributed by atoms with van der Waals surface area (Å²) < 4.78 is 8.28. The minimum absolute atomic E-state index is 0.157. The second-order valence-electron chi connectivity index (χ2n) is 7.59. The summed E-state index contributed by atoms with van der Waals surface area (Å²) >= 11 is 1.25. The van der Waals surface area contributed by atoms with Crippen LogP contribution < -0.4 is 20.9 Å². The molecule has 8 heteroatoms. The van der Waals surface area contributed by atoms with Crippen LogP contribution in [0, 0.1) is 0 Å². The number of aryl methyl sites for hydroxylation is 1. The molecule has 5 rings (SSSR count). The van der Waals surface area contributed by atoms with Crippen LogP contribution in [0.2, 0.25) is 0 Å². The zero-order chi connectivity index (χ0) is 22.2. The summed E-state index contributed by atoms with van der Waals surface area (Å²) in [7, 11) is 1.49. The highest BCUT2D eigenvalue weighted by molar-refractivity contribution is 7.17. The third-order valence-electron chi connectivity index (χ3n) is 5.79. The van der Waals surface area contributed by atoms with Gasteiger partial charge in [0.15, 0.2) is 0 Å². The molecule has 32 heavy (non-hydrogen) atoms. The number of hydrogen-bond donors (Lipinski definition) is 0. The zero-order valence-electron chi connectivity index (χ0n) is 17.5. The van der Waals surface area contributed by atoms with Gasteiger partial charge in [-0.1, -0.05) is 30.3 Å². The lowest BCUT2D eigenvalue weighted by molar-refractivity contribution is -0.119. The van der Waals surface area contributed by atoms with E-state index in [1.807, 2.05) is 24.3 Å². The predicted molar refractivity (Wildman–Crippen MR) is 125 cm³/mol. The van der Waals surface area contributed by atoms with Crippen LogP contribution in [0.5, 0.6) is 5.75 Å². The van der Waals surface area contributed by atoms with Crippen LogP contribution in [0.25, 0.3) is 15.9 Å². The molecule has 1 amide bonds. The minimum Gasteiger partial charge on any atom is -0.495 e. The summed E-state index contributed by atoms with van der Waals surface area (Å²) in [5.41, 5.74) is 1.84. The molecule has 0 radical (unpaired) electrons. The molecule has 0 saturated heterocycles. The van der Waals surface area contributed by atoms with Gasteiger partial charge in [0.05, 0.1) is 18.3 Å². The van der Waals surface area contributed by atoms with Crippen molar-refractivity contribution in [3.63, 3.8) is 0 Å². The third kappa shape index (κ3) is 3.23. The molecule has 0 N–H and O–H groups in total. The number of fused-ring (bicyclic) bond motifs is 2. The highest BCUT2D eigenvalue weighted by atomic mass is 32.1. The van der Waals surface area contributed by atoms with Gasteiger partial charge in [-0.05, 0) is 48.1 Å². The molecule has 0 atom stereocenters. The van der Waals surface area contributed by atoms with Gasteiger partial charge in [0.25, 0.3) is 5.56 Å². The van der Waals surface area contributed by atoms with E-state index in [-0.39, 0.29) is 12.5 Å². The fourth-order valence-electron chi connectivity index (χ4n) is 4.28. The molecule has 0 bridgehead atoms. The number of anilines is 1. The van der Waals surface area contributed by atoms with Crippen LogP contribution >= 0.6 is 11.3 Å². The number of carbonyl (C=O) groups is 1. The van der Waals surface area contributed by atoms with Crippen molar-refractivity contribution in [1.82, 2.24) is 9.13 Å². The number of methoxy groups -OCH3 is 1. The first kappa shape index (κ1) is 20.3. The average Bonchev–Trinajstić information content (AvgIpc) is 3.32. The van der Waals surface area contributed by atoms with E-state index in [1.165, 1.54) is 23.0 Å². The van der Waals surface area contributed by atoms with Gasteiger partial charge in [-0.15, -0.1) is 11.3 Å². The number of amides is 1. The number of aromatic nitrogens is 2. The van der Waals surface area contributed by atoms with Crippen LogP contribution in [0.4, 0.5) is 5.69 Å². The molecule has 1 aliphatic heterocycles. The van der Waals surface area contributed by atoms with Crippen molar-refractivity contribution >= 4 is 33.1 Å². The van der Waals surface area contributed by atoms with Crippen LogP contribution in [0.3, 0.4) is 0 Å². The Hall–Kier alpha value is -3.65. The predicted octanol–water partition coefficient (Wildman–Crippen LogP) is 3.20. The van der Waals surface area contributed by atoms with Crippen molar-refractivity contribution in [2.24, 2.45) is 0 Å². The summed E-state index contributed by atoms with van der Waals surface area (Å²) in [5, 5.41) is 1.76. The minimum atomic E-state index is -0.566. The first-order valence-electron chi connectivity index (χ1n) is 10.3. The zero-order valence-corrected chi connectivity index (χ0v) is 18.3. The number of para-hydroxylation sites is 3. The molecule has 162 valence electrons. The summed E-state index contributed by atoms with van der Waals surface area (Å²) in [6.07, 6.45) is 1.79. The maximum atomic E-state index is 13.5. The molecule has 0 aliphatic carbocycles. The Morgan fingerprint density at radius 3 is 2.59 bits per heavy atom. The van der Waals surface area contributed by atoms with Gasteiger partial charge < -0.3 is 9.64 Å². The highest BCUT2D eigenvalue weighted by Gasteiger charge is 2.25. The smallest absolute Gasteiger partial charge is 0.336 e. The molecule has 3 heterocycles. The van der Waals surface area contributed by atoms with Crippen molar-refractivity contribution in [2.45, 2.75) is 19.4 Å². The van der Waals surface area contributed by atoms with E-state index < -0.39 is 11.2 Å². The Labute approximate surface area is 187 Å². The number of thiophene rings is 1. The number of nitrogens with zero attached hydrogens (tertiary/aromatic N) is 3. The molecule has 0 unspecified atom stereocenters. The van der Waals surface area contributed by atoms with Gasteiger partial charge in [0, 0.05) is 12.2 Å². The highest BCUT2D eigenvalue weighted by Crippen LogP contribution is 2.27. The monoisotopic (exact) mass is 447 g/mol. The fraction of sp³-hybridized carbons (Fsp3) is 0.208. The molecule has 0 fully saturated rings. The van der Waals surface area contributed by atoms with E-state index in [0.717, 1.165) is 28.7 Å². The second kappa shape index (κ2) is 8.12. The molecule has 2 aromatic heterocycles. The summed E-state index contributed by atoms with van der Waals surface area (Å²) in [6, 6.07) is 16.4. The topological polar surface area (TPSA) is 73.5 Å². The lowest BCUT2D eigenvalue weighted by Gasteiger charge is -2.29. The van der Waals surface area contributed by atoms with E-state index in [9.17, 15) is 14.4 Å². The second-order valence-corrected chi connectivity index (χ2v) is 8.51. The Morgan fingerprint density at radius 1 is 1.03 bits per heavy atom. The average molecular weight is 448 g/mol. The Morgan fingerprint density at radius 2 is 1.78 bits per heavy atom. The molecule has 7 nitrogen and oxygen atoms in total. The first-order valence-corrected chi connectivity index (χ1v) is 11.2. The van der Waals surface area contributed by atoms with Gasteiger partial charge in [-0.25, -0.2) is 9.36 Å². The normalized spacial score (nSPS) is 13.2. The molecule has 2 aromatic carbocycles. The maximum absolute atomic E-state index is 13.5. The van der Waals surface area contributed by atoms with Crippen LogP contribution in [0.1, 0.15) is 12.0 Å². The molecule has 0 saturated carbocycles. The number of ether oxygens (including phenoxy) is 1. The number of rotatable bonds is 4. The van der Waals surface area contributed by atoms with Gasteiger partial charge in [0.1, 0.15) is 17.0 Å². The third-order valence-corrected chi connectivity index (χ3v) is 6.68.